The van der Waals surface area contributed by atoms with Crippen LogP contribution in [0, 0.1) is 3.57 Å². The van der Waals surface area contributed by atoms with Gasteiger partial charge in [-0.15, -0.1) is 0 Å². The molecule has 8 heteroatoms. The maximum absolute atomic E-state index is 9.55. The fourth-order valence-corrected chi connectivity index (χ4v) is 3.29. The van der Waals surface area contributed by atoms with Gasteiger partial charge in [0.25, 0.3) is 0 Å². The molecule has 0 aliphatic carbocycles. The van der Waals surface area contributed by atoms with Crippen molar-refractivity contribution in [1.29, 1.82) is 0 Å². The van der Waals surface area contributed by atoms with Crippen molar-refractivity contribution in [2.45, 2.75) is 12.5 Å². The molecule has 31 heavy (non-hydrogen) atoms. The maximum atomic E-state index is 9.55. The molecule has 162 valence electrons. The minimum absolute atomic E-state index is 0.00956. The molecular weight excluding hydrogens is 511 g/mol. The molecule has 1 atom stereocenters. The number of nitrogens with zero attached hydrogens (tertiary/aromatic N) is 1. The number of carbonyl (C=O) groups is 2. The minimum atomic E-state index is -1.26. The summed E-state index contributed by atoms with van der Waals surface area (Å²) in [6.45, 7) is 0.898. The predicted molar refractivity (Wildman–Crippen MR) is 127 cm³/mol. The fourth-order valence-electron chi connectivity index (χ4n) is 2.77. The lowest BCUT2D eigenvalue weighted by molar-refractivity contribution is -0.134. The van der Waals surface area contributed by atoms with Crippen LogP contribution >= 0.6 is 22.6 Å². The number of hydrogen-bond donors (Lipinski definition) is 3. The van der Waals surface area contributed by atoms with Crippen molar-refractivity contribution >= 4 is 45.3 Å². The van der Waals surface area contributed by atoms with Gasteiger partial charge >= 0.3 is 11.9 Å². The Morgan fingerprint density at radius 1 is 1.10 bits per heavy atom. The van der Waals surface area contributed by atoms with Crippen LogP contribution in [0.1, 0.15) is 18.1 Å². The Morgan fingerprint density at radius 3 is 2.39 bits per heavy atom. The van der Waals surface area contributed by atoms with Crippen molar-refractivity contribution in [3.63, 3.8) is 0 Å². The first-order valence-electron chi connectivity index (χ1n) is 9.44. The Bertz CT molecular complexity index is 1020. The molecule has 0 amide bonds. The molecule has 7 nitrogen and oxygen atoms in total. The highest BCUT2D eigenvalue weighted by Gasteiger charge is 2.14. The van der Waals surface area contributed by atoms with Crippen molar-refractivity contribution in [1.82, 2.24) is 10.3 Å². The third kappa shape index (κ3) is 8.35. The van der Waals surface area contributed by atoms with Crippen molar-refractivity contribution in [2.24, 2.45) is 0 Å². The van der Waals surface area contributed by atoms with E-state index in [0.717, 1.165) is 29.7 Å². The third-order valence-electron chi connectivity index (χ3n) is 4.17. The zero-order valence-electron chi connectivity index (χ0n) is 16.9. The SMILES string of the molecule is CNCCC(Oc1cccc2cc(I)ccc12)c1ccncc1.O=C(O)C=CC(=O)O. The number of pyridine rings is 1. The zero-order chi connectivity index (χ0) is 22.6. The molecule has 3 aromatic rings. The van der Waals surface area contributed by atoms with Crippen LogP contribution in [0.5, 0.6) is 5.75 Å². The lowest BCUT2D eigenvalue weighted by Crippen LogP contribution is -2.16. The van der Waals surface area contributed by atoms with Crippen molar-refractivity contribution < 1.29 is 24.5 Å². The summed E-state index contributed by atoms with van der Waals surface area (Å²) in [6.07, 6.45) is 5.66. The Kier molecular flexibility index (Phi) is 9.92. The quantitative estimate of drug-likeness (QED) is 0.293. The van der Waals surface area contributed by atoms with Gasteiger partial charge in [0, 0.05) is 39.9 Å². The number of nitrogens with one attached hydrogen (secondary N) is 1. The van der Waals surface area contributed by atoms with Gasteiger partial charge in [-0.1, -0.05) is 12.1 Å². The van der Waals surface area contributed by atoms with Crippen LogP contribution in [0.2, 0.25) is 0 Å². The van der Waals surface area contributed by atoms with Gasteiger partial charge in [0.05, 0.1) is 0 Å². The number of hydrogen-bond acceptors (Lipinski definition) is 5. The first kappa shape index (κ1) is 24.3. The largest absolute Gasteiger partial charge is 0.485 e. The molecule has 2 aromatic carbocycles. The Hall–Kier alpha value is -2.98. The normalized spacial score (nSPS) is 11.5. The molecule has 3 N–H and O–H groups in total. The number of benzene rings is 2. The number of rotatable bonds is 8. The number of fused-ring (bicyclic) bond motifs is 1. The summed E-state index contributed by atoms with van der Waals surface area (Å²) < 4.78 is 7.62. The summed E-state index contributed by atoms with van der Waals surface area (Å²) in [5.74, 6) is -1.59. The Balaban J connectivity index is 0.000000366. The zero-order valence-corrected chi connectivity index (χ0v) is 19.0. The number of aromatic nitrogens is 1. The van der Waals surface area contributed by atoms with E-state index in [-0.39, 0.29) is 6.10 Å². The maximum Gasteiger partial charge on any atom is 0.328 e. The molecule has 1 unspecified atom stereocenters. The van der Waals surface area contributed by atoms with Gasteiger partial charge in [-0.25, -0.2) is 9.59 Å². The smallest absolute Gasteiger partial charge is 0.328 e. The Labute approximate surface area is 193 Å². The van der Waals surface area contributed by atoms with Gasteiger partial charge in [-0.3, -0.25) is 4.98 Å². The molecule has 0 radical (unpaired) electrons. The van der Waals surface area contributed by atoms with Gasteiger partial charge in [0.1, 0.15) is 11.9 Å². The van der Waals surface area contributed by atoms with Crippen molar-refractivity contribution in [3.05, 3.63) is 82.2 Å². The van der Waals surface area contributed by atoms with Gasteiger partial charge in [-0.05, 0) is 83.5 Å². The second-order valence-electron chi connectivity index (χ2n) is 6.41. The van der Waals surface area contributed by atoms with E-state index < -0.39 is 11.9 Å². The highest BCUT2D eigenvalue weighted by atomic mass is 127. The first-order chi connectivity index (χ1) is 14.9. The van der Waals surface area contributed by atoms with E-state index in [9.17, 15) is 9.59 Å². The van der Waals surface area contributed by atoms with E-state index in [2.05, 4.69) is 63.2 Å². The Morgan fingerprint density at radius 2 is 1.77 bits per heavy atom. The fraction of sp³-hybridized carbons (Fsp3) is 0.174. The molecule has 0 spiro atoms. The molecule has 0 fully saturated rings. The lowest BCUT2D eigenvalue weighted by Gasteiger charge is -2.20. The third-order valence-corrected chi connectivity index (χ3v) is 4.85. The van der Waals surface area contributed by atoms with E-state index >= 15 is 0 Å². The van der Waals surface area contributed by atoms with Crippen LogP contribution in [0.15, 0.2) is 73.1 Å². The molecular formula is C23H23IN2O5. The van der Waals surface area contributed by atoms with Gasteiger partial charge in [-0.2, -0.15) is 0 Å². The van der Waals surface area contributed by atoms with Gasteiger partial charge in [0.2, 0.25) is 0 Å². The molecule has 0 saturated heterocycles. The van der Waals surface area contributed by atoms with Crippen LogP contribution in [0.3, 0.4) is 0 Å². The topological polar surface area (TPSA) is 109 Å². The van der Waals surface area contributed by atoms with Crippen molar-refractivity contribution in [2.75, 3.05) is 13.6 Å². The van der Waals surface area contributed by atoms with E-state index in [1.807, 2.05) is 37.6 Å². The standard InChI is InChI=1S/C19H19IN2O.C4H4O4/c1-21-10-9-18(14-7-11-22-12-8-14)23-19-4-2-3-15-13-16(20)5-6-17(15)19;5-3(6)1-2-4(7)8/h2-8,11-13,18,21H,9-10H2,1H3;1-2H,(H,5,6)(H,7,8). The number of carboxylic acid groups (broad SMARTS) is 2. The van der Waals surface area contributed by atoms with Crippen LogP contribution in [-0.4, -0.2) is 40.7 Å². The average Bonchev–Trinajstić information content (AvgIpc) is 2.76. The molecule has 0 bridgehead atoms. The highest BCUT2D eigenvalue weighted by Crippen LogP contribution is 2.31. The van der Waals surface area contributed by atoms with Gasteiger partial charge in [0.15, 0.2) is 0 Å². The molecule has 0 aliphatic rings. The predicted octanol–water partition coefficient (Wildman–Crippen LogP) is 4.28. The summed E-state index contributed by atoms with van der Waals surface area (Å²) in [6, 6.07) is 16.7. The highest BCUT2D eigenvalue weighted by molar-refractivity contribution is 14.1. The summed E-state index contributed by atoms with van der Waals surface area (Å²) >= 11 is 2.34. The van der Waals surface area contributed by atoms with E-state index in [1.54, 1.807) is 0 Å². The minimum Gasteiger partial charge on any atom is -0.485 e. The second kappa shape index (κ2) is 12.7. The number of halogens is 1. The monoisotopic (exact) mass is 534 g/mol. The lowest BCUT2D eigenvalue weighted by atomic mass is 10.1. The van der Waals surface area contributed by atoms with Crippen LogP contribution < -0.4 is 10.1 Å². The summed E-state index contributed by atoms with van der Waals surface area (Å²) in [5.41, 5.74) is 1.15. The summed E-state index contributed by atoms with van der Waals surface area (Å²) in [5, 5.41) is 21.2. The van der Waals surface area contributed by atoms with E-state index in [4.69, 9.17) is 14.9 Å². The van der Waals surface area contributed by atoms with Crippen LogP contribution in [0.4, 0.5) is 0 Å². The number of ether oxygens (including phenoxy) is 1. The summed E-state index contributed by atoms with van der Waals surface area (Å²) in [4.78, 5) is 23.2. The van der Waals surface area contributed by atoms with Crippen molar-refractivity contribution in [3.8, 4) is 5.75 Å². The average molecular weight is 534 g/mol. The molecule has 0 aliphatic heterocycles. The molecule has 3 rings (SSSR count). The van der Waals surface area contributed by atoms with Crippen LogP contribution in [0.25, 0.3) is 10.8 Å². The number of aliphatic carboxylic acids is 2. The first-order valence-corrected chi connectivity index (χ1v) is 10.5. The molecule has 1 heterocycles. The molecule has 1 aromatic heterocycles. The number of carboxylic acids is 2. The second-order valence-corrected chi connectivity index (χ2v) is 7.66. The van der Waals surface area contributed by atoms with E-state index in [0.29, 0.717) is 12.2 Å². The van der Waals surface area contributed by atoms with Gasteiger partial charge < -0.3 is 20.3 Å². The molecule has 0 saturated carbocycles. The van der Waals surface area contributed by atoms with E-state index in [1.165, 1.54) is 8.96 Å². The summed E-state index contributed by atoms with van der Waals surface area (Å²) in [7, 11) is 1.96. The van der Waals surface area contributed by atoms with Crippen LogP contribution in [-0.2, 0) is 9.59 Å².